The molecule has 0 fully saturated rings. The van der Waals surface area contributed by atoms with Crippen LogP contribution in [0.4, 0.5) is 0 Å². The second kappa shape index (κ2) is 7.14. The molecule has 0 aliphatic heterocycles. The van der Waals surface area contributed by atoms with Gasteiger partial charge in [0.1, 0.15) is 0 Å². The standard InChI is InChI=1S/C15H24N2O/c1-5-7-10-17(13(4)6-2)15(18)14-9-8-12(3)16-11-14/h8-9,11,13H,5-7,10H2,1-4H3. The van der Waals surface area contributed by atoms with Crippen LogP contribution in [-0.2, 0) is 0 Å². The predicted molar refractivity (Wildman–Crippen MR) is 74.7 cm³/mol. The lowest BCUT2D eigenvalue weighted by molar-refractivity contribution is 0.0685. The molecule has 1 atom stereocenters. The highest BCUT2D eigenvalue weighted by Gasteiger charge is 2.19. The second-order valence-electron chi connectivity index (χ2n) is 4.80. The molecule has 18 heavy (non-hydrogen) atoms. The Hall–Kier alpha value is -1.38. The second-order valence-corrected chi connectivity index (χ2v) is 4.80. The van der Waals surface area contributed by atoms with Crippen molar-refractivity contribution >= 4 is 5.91 Å². The molecule has 1 rings (SSSR count). The van der Waals surface area contributed by atoms with Crippen molar-refractivity contribution in [3.05, 3.63) is 29.6 Å². The Labute approximate surface area is 110 Å². The van der Waals surface area contributed by atoms with E-state index in [0.717, 1.165) is 31.5 Å². The Kier molecular flexibility index (Phi) is 5.83. The SMILES string of the molecule is CCCCN(C(=O)c1ccc(C)nc1)C(C)CC. The summed E-state index contributed by atoms with van der Waals surface area (Å²) in [6, 6.07) is 4.04. The van der Waals surface area contributed by atoms with Crippen LogP contribution in [0.15, 0.2) is 18.3 Å². The third kappa shape index (κ3) is 3.83. The number of aryl methyl sites for hydroxylation is 1. The lowest BCUT2D eigenvalue weighted by atomic mass is 10.1. The van der Waals surface area contributed by atoms with Gasteiger partial charge in [0, 0.05) is 24.5 Å². The molecule has 0 aliphatic rings. The van der Waals surface area contributed by atoms with Crippen molar-refractivity contribution < 1.29 is 4.79 Å². The van der Waals surface area contributed by atoms with E-state index in [2.05, 4.69) is 25.8 Å². The van der Waals surface area contributed by atoms with Gasteiger partial charge >= 0.3 is 0 Å². The highest BCUT2D eigenvalue weighted by molar-refractivity contribution is 5.94. The molecule has 0 spiro atoms. The molecule has 0 saturated heterocycles. The first-order chi connectivity index (χ1) is 8.60. The third-order valence-corrected chi connectivity index (χ3v) is 3.29. The quantitative estimate of drug-likeness (QED) is 0.772. The molecule has 100 valence electrons. The lowest BCUT2D eigenvalue weighted by Crippen LogP contribution is -2.39. The van der Waals surface area contributed by atoms with Crippen molar-refractivity contribution in [2.24, 2.45) is 0 Å². The molecule has 0 N–H and O–H groups in total. The summed E-state index contributed by atoms with van der Waals surface area (Å²) in [4.78, 5) is 18.6. The largest absolute Gasteiger partial charge is 0.336 e. The van der Waals surface area contributed by atoms with Gasteiger partial charge in [-0.1, -0.05) is 20.3 Å². The van der Waals surface area contributed by atoms with Gasteiger partial charge in [0.2, 0.25) is 0 Å². The summed E-state index contributed by atoms with van der Waals surface area (Å²) < 4.78 is 0. The first-order valence-corrected chi connectivity index (χ1v) is 6.83. The summed E-state index contributed by atoms with van der Waals surface area (Å²) in [5, 5.41) is 0. The number of carbonyl (C=O) groups excluding carboxylic acids is 1. The average Bonchev–Trinajstić information content (AvgIpc) is 2.39. The Morgan fingerprint density at radius 3 is 2.61 bits per heavy atom. The van der Waals surface area contributed by atoms with Gasteiger partial charge in [-0.25, -0.2) is 0 Å². The van der Waals surface area contributed by atoms with Crippen LogP contribution in [0.3, 0.4) is 0 Å². The molecule has 0 radical (unpaired) electrons. The van der Waals surface area contributed by atoms with Gasteiger partial charge in [0.15, 0.2) is 0 Å². The van der Waals surface area contributed by atoms with E-state index in [1.54, 1.807) is 6.20 Å². The molecule has 1 unspecified atom stereocenters. The number of aromatic nitrogens is 1. The molecule has 0 bridgehead atoms. The third-order valence-electron chi connectivity index (χ3n) is 3.29. The van der Waals surface area contributed by atoms with E-state index in [0.29, 0.717) is 5.56 Å². The number of carbonyl (C=O) groups is 1. The molecule has 3 heteroatoms. The number of hydrogen-bond donors (Lipinski definition) is 0. The predicted octanol–water partition coefficient (Wildman–Crippen LogP) is 3.43. The van der Waals surface area contributed by atoms with Crippen LogP contribution in [0.2, 0.25) is 0 Å². The molecule has 0 aliphatic carbocycles. The molecule has 0 aromatic carbocycles. The van der Waals surface area contributed by atoms with Gasteiger partial charge < -0.3 is 4.90 Å². The van der Waals surface area contributed by atoms with Crippen molar-refractivity contribution in [3.8, 4) is 0 Å². The molecular weight excluding hydrogens is 224 g/mol. The number of unbranched alkanes of at least 4 members (excludes halogenated alkanes) is 1. The van der Waals surface area contributed by atoms with Crippen molar-refractivity contribution in [2.45, 2.75) is 53.0 Å². The van der Waals surface area contributed by atoms with Gasteiger partial charge in [-0.2, -0.15) is 0 Å². The minimum absolute atomic E-state index is 0.102. The molecule has 1 heterocycles. The van der Waals surface area contributed by atoms with E-state index in [1.807, 2.05) is 24.0 Å². The fourth-order valence-electron chi connectivity index (χ4n) is 1.83. The van der Waals surface area contributed by atoms with Crippen LogP contribution in [-0.4, -0.2) is 28.4 Å². The van der Waals surface area contributed by atoms with Crippen molar-refractivity contribution in [1.82, 2.24) is 9.88 Å². The summed E-state index contributed by atoms with van der Waals surface area (Å²) in [5.41, 5.74) is 1.63. The zero-order valence-corrected chi connectivity index (χ0v) is 11.9. The number of hydrogen-bond acceptors (Lipinski definition) is 2. The van der Waals surface area contributed by atoms with E-state index in [4.69, 9.17) is 0 Å². The first-order valence-electron chi connectivity index (χ1n) is 6.83. The van der Waals surface area contributed by atoms with E-state index >= 15 is 0 Å². The monoisotopic (exact) mass is 248 g/mol. The fraction of sp³-hybridized carbons (Fsp3) is 0.600. The van der Waals surface area contributed by atoms with Crippen LogP contribution in [0, 0.1) is 6.92 Å². The summed E-state index contributed by atoms with van der Waals surface area (Å²) >= 11 is 0. The molecular formula is C15H24N2O. The molecule has 3 nitrogen and oxygen atoms in total. The molecule has 0 saturated carbocycles. The van der Waals surface area contributed by atoms with Gasteiger partial charge in [0.05, 0.1) is 5.56 Å². The molecule has 1 aromatic rings. The average molecular weight is 248 g/mol. The summed E-state index contributed by atoms with van der Waals surface area (Å²) in [6.07, 6.45) is 4.81. The maximum Gasteiger partial charge on any atom is 0.255 e. The maximum absolute atomic E-state index is 12.4. The summed E-state index contributed by atoms with van der Waals surface area (Å²) in [7, 11) is 0. The van der Waals surface area contributed by atoms with Crippen LogP contribution in [0.1, 0.15) is 56.1 Å². The highest BCUT2D eigenvalue weighted by atomic mass is 16.2. The number of pyridine rings is 1. The minimum Gasteiger partial charge on any atom is -0.336 e. The van der Waals surface area contributed by atoms with Crippen molar-refractivity contribution in [1.29, 1.82) is 0 Å². The first kappa shape index (κ1) is 14.7. The normalized spacial score (nSPS) is 12.2. The highest BCUT2D eigenvalue weighted by Crippen LogP contribution is 2.12. The smallest absolute Gasteiger partial charge is 0.255 e. The molecule has 1 aromatic heterocycles. The van der Waals surface area contributed by atoms with Crippen molar-refractivity contribution in [2.75, 3.05) is 6.54 Å². The summed E-state index contributed by atoms with van der Waals surface area (Å²) in [5.74, 6) is 0.102. The molecule has 1 amide bonds. The van der Waals surface area contributed by atoms with Gasteiger partial charge in [-0.15, -0.1) is 0 Å². The van der Waals surface area contributed by atoms with E-state index < -0.39 is 0 Å². The van der Waals surface area contributed by atoms with Gasteiger partial charge in [-0.05, 0) is 38.8 Å². The Bertz CT molecular complexity index is 373. The lowest BCUT2D eigenvalue weighted by Gasteiger charge is -2.28. The Morgan fingerprint density at radius 2 is 2.11 bits per heavy atom. The van der Waals surface area contributed by atoms with Crippen LogP contribution >= 0.6 is 0 Å². The summed E-state index contributed by atoms with van der Waals surface area (Å²) in [6.45, 7) is 9.13. The topological polar surface area (TPSA) is 33.2 Å². The number of amides is 1. The minimum atomic E-state index is 0.102. The van der Waals surface area contributed by atoms with Crippen molar-refractivity contribution in [3.63, 3.8) is 0 Å². The van der Waals surface area contributed by atoms with Crippen LogP contribution in [0.25, 0.3) is 0 Å². The maximum atomic E-state index is 12.4. The van der Waals surface area contributed by atoms with Crippen LogP contribution < -0.4 is 0 Å². The number of nitrogens with zero attached hydrogens (tertiary/aromatic N) is 2. The van der Waals surface area contributed by atoms with Crippen LogP contribution in [0.5, 0.6) is 0 Å². The zero-order chi connectivity index (χ0) is 13.5. The van der Waals surface area contributed by atoms with E-state index in [9.17, 15) is 4.79 Å². The van der Waals surface area contributed by atoms with E-state index in [-0.39, 0.29) is 11.9 Å². The van der Waals surface area contributed by atoms with Gasteiger partial charge in [-0.3, -0.25) is 9.78 Å². The van der Waals surface area contributed by atoms with Gasteiger partial charge in [0.25, 0.3) is 5.91 Å². The fourth-order valence-corrected chi connectivity index (χ4v) is 1.83. The Balaban J connectivity index is 2.83. The Morgan fingerprint density at radius 1 is 1.39 bits per heavy atom. The zero-order valence-electron chi connectivity index (χ0n) is 11.9. The van der Waals surface area contributed by atoms with E-state index in [1.165, 1.54) is 0 Å². The number of rotatable bonds is 6.